The first-order valence-electron chi connectivity index (χ1n) is 8.30. The molecule has 1 aliphatic rings. The number of nitrogens with zero attached hydrogens (tertiary/aromatic N) is 6. The van der Waals surface area contributed by atoms with E-state index in [1.807, 2.05) is 13.0 Å². The zero-order chi connectivity index (χ0) is 18.9. The molecule has 2 aromatic heterocycles. The molecule has 11 heteroatoms. The van der Waals surface area contributed by atoms with Gasteiger partial charge in [0.25, 0.3) is 5.89 Å². The first kappa shape index (κ1) is 18.5. The number of hydrogen-bond acceptors (Lipinski definition) is 7. The highest BCUT2D eigenvalue weighted by molar-refractivity contribution is 7.88. The molecule has 0 bridgehead atoms. The Morgan fingerprint density at radius 2 is 1.92 bits per heavy atom. The predicted octanol–water partition coefficient (Wildman–Crippen LogP) is -0.185. The second-order valence-corrected chi connectivity index (χ2v) is 8.32. The Kier molecular flexibility index (Phi) is 5.10. The minimum atomic E-state index is -3.20. The lowest BCUT2D eigenvalue weighted by atomic mass is 10.2. The lowest BCUT2D eigenvalue weighted by Gasteiger charge is -2.33. The lowest BCUT2D eigenvalue weighted by molar-refractivity contribution is -0.132. The summed E-state index contributed by atoms with van der Waals surface area (Å²) in [6.07, 6.45) is 1.77. The van der Waals surface area contributed by atoms with Crippen LogP contribution >= 0.6 is 0 Å². The van der Waals surface area contributed by atoms with Gasteiger partial charge in [0, 0.05) is 46.1 Å². The molecule has 3 rings (SSSR count). The second kappa shape index (κ2) is 7.16. The highest BCUT2D eigenvalue weighted by Crippen LogP contribution is 2.19. The maximum atomic E-state index is 12.3. The van der Waals surface area contributed by atoms with E-state index in [-0.39, 0.29) is 12.3 Å². The van der Waals surface area contributed by atoms with Crippen molar-refractivity contribution in [1.29, 1.82) is 0 Å². The van der Waals surface area contributed by atoms with Crippen LogP contribution in [0.2, 0.25) is 0 Å². The molecule has 1 fully saturated rings. The van der Waals surface area contributed by atoms with Crippen LogP contribution in [0.15, 0.2) is 10.5 Å². The van der Waals surface area contributed by atoms with Crippen molar-refractivity contribution < 1.29 is 17.6 Å². The van der Waals surface area contributed by atoms with Gasteiger partial charge in [0.1, 0.15) is 5.69 Å². The highest BCUT2D eigenvalue weighted by atomic mass is 32.2. The van der Waals surface area contributed by atoms with Crippen LogP contribution in [0.3, 0.4) is 0 Å². The molecule has 1 saturated heterocycles. The number of aromatic nitrogens is 4. The Hall–Kier alpha value is -2.27. The molecule has 26 heavy (non-hydrogen) atoms. The molecular weight excluding hydrogens is 360 g/mol. The van der Waals surface area contributed by atoms with Crippen LogP contribution in [0.5, 0.6) is 0 Å². The number of rotatable bonds is 5. The van der Waals surface area contributed by atoms with Crippen molar-refractivity contribution in [2.75, 3.05) is 32.4 Å². The first-order valence-corrected chi connectivity index (χ1v) is 10.1. The minimum absolute atomic E-state index is 0.0470. The summed E-state index contributed by atoms with van der Waals surface area (Å²) in [6.45, 7) is 3.33. The number of piperazine rings is 1. The molecule has 0 spiro atoms. The Balaban J connectivity index is 1.54. The fraction of sp³-hybridized carbons (Fsp3) is 0.600. The summed E-state index contributed by atoms with van der Waals surface area (Å²) >= 11 is 0. The van der Waals surface area contributed by atoms with E-state index in [1.54, 1.807) is 16.6 Å². The molecule has 0 unspecified atom stereocenters. The molecule has 142 valence electrons. The summed E-state index contributed by atoms with van der Waals surface area (Å²) in [5.41, 5.74) is 1.58. The number of carbonyl (C=O) groups is 1. The number of amides is 1. The summed E-state index contributed by atoms with van der Waals surface area (Å²) in [5, 5.41) is 12.2. The minimum Gasteiger partial charge on any atom is -0.419 e. The third-order valence-electron chi connectivity index (χ3n) is 4.30. The summed E-state index contributed by atoms with van der Waals surface area (Å²) in [7, 11) is -1.40. The number of sulfonamides is 1. The van der Waals surface area contributed by atoms with Crippen LogP contribution in [0.4, 0.5) is 0 Å². The van der Waals surface area contributed by atoms with Gasteiger partial charge in [-0.3, -0.25) is 9.48 Å². The summed E-state index contributed by atoms with van der Waals surface area (Å²) in [6, 6.07) is 1.85. The molecular formula is C15H22N6O4S. The van der Waals surface area contributed by atoms with Gasteiger partial charge < -0.3 is 9.32 Å². The number of hydrogen-bond donors (Lipinski definition) is 0. The van der Waals surface area contributed by atoms with Crippen LogP contribution in [0.25, 0.3) is 11.6 Å². The van der Waals surface area contributed by atoms with Gasteiger partial charge in [-0.15, -0.1) is 10.2 Å². The average molecular weight is 382 g/mol. The van der Waals surface area contributed by atoms with Gasteiger partial charge in [-0.1, -0.05) is 0 Å². The van der Waals surface area contributed by atoms with E-state index in [9.17, 15) is 13.2 Å². The van der Waals surface area contributed by atoms with Gasteiger partial charge >= 0.3 is 0 Å². The van der Waals surface area contributed by atoms with Gasteiger partial charge in [0.15, 0.2) is 0 Å². The Labute approximate surface area is 151 Å². The average Bonchev–Trinajstić information content (AvgIpc) is 3.18. The third kappa shape index (κ3) is 4.10. The van der Waals surface area contributed by atoms with Gasteiger partial charge in [0.2, 0.25) is 21.8 Å². The molecule has 0 saturated carbocycles. The first-order chi connectivity index (χ1) is 12.2. The van der Waals surface area contributed by atoms with E-state index in [2.05, 4.69) is 15.3 Å². The molecule has 0 aromatic carbocycles. The van der Waals surface area contributed by atoms with Crippen molar-refractivity contribution in [1.82, 2.24) is 29.2 Å². The number of carbonyl (C=O) groups excluding carboxylic acids is 1. The standard InChI is InChI=1S/C15H22N6O4S/c1-11-10-12(19(2)18-11)15-17-16-13(25-15)4-5-14(22)20-6-8-21(9-7-20)26(3,23)24/h10H,4-9H2,1-3H3. The van der Waals surface area contributed by atoms with E-state index in [1.165, 1.54) is 10.6 Å². The van der Waals surface area contributed by atoms with Crippen LogP contribution in [0.1, 0.15) is 18.0 Å². The molecule has 2 aromatic rings. The topological polar surface area (TPSA) is 114 Å². The van der Waals surface area contributed by atoms with Gasteiger partial charge in [-0.05, 0) is 13.0 Å². The fourth-order valence-electron chi connectivity index (χ4n) is 2.91. The predicted molar refractivity (Wildman–Crippen MR) is 92.6 cm³/mol. The molecule has 0 N–H and O–H groups in total. The lowest BCUT2D eigenvalue weighted by Crippen LogP contribution is -2.50. The molecule has 0 atom stereocenters. The van der Waals surface area contributed by atoms with E-state index in [0.717, 1.165) is 11.4 Å². The fourth-order valence-corrected chi connectivity index (χ4v) is 3.74. The van der Waals surface area contributed by atoms with Crippen molar-refractivity contribution in [3.8, 4) is 11.6 Å². The quantitative estimate of drug-likeness (QED) is 0.704. The molecule has 1 amide bonds. The highest BCUT2D eigenvalue weighted by Gasteiger charge is 2.26. The zero-order valence-corrected chi connectivity index (χ0v) is 15.9. The second-order valence-electron chi connectivity index (χ2n) is 6.34. The third-order valence-corrected chi connectivity index (χ3v) is 5.60. The molecule has 1 aliphatic heterocycles. The normalized spacial score (nSPS) is 16.2. The molecule has 10 nitrogen and oxygen atoms in total. The zero-order valence-electron chi connectivity index (χ0n) is 15.0. The SMILES string of the molecule is Cc1cc(-c2nnc(CCC(=O)N3CCN(S(C)(=O)=O)CC3)o2)n(C)n1. The van der Waals surface area contributed by atoms with E-state index >= 15 is 0 Å². The van der Waals surface area contributed by atoms with Gasteiger partial charge in [-0.2, -0.15) is 9.40 Å². The summed E-state index contributed by atoms with van der Waals surface area (Å²) in [5.74, 6) is 0.716. The van der Waals surface area contributed by atoms with Crippen molar-refractivity contribution in [2.24, 2.45) is 7.05 Å². The van der Waals surface area contributed by atoms with E-state index in [0.29, 0.717) is 44.4 Å². The van der Waals surface area contributed by atoms with Crippen LogP contribution in [0, 0.1) is 6.92 Å². The van der Waals surface area contributed by atoms with E-state index < -0.39 is 10.0 Å². The van der Waals surface area contributed by atoms with Crippen molar-refractivity contribution in [3.05, 3.63) is 17.7 Å². The van der Waals surface area contributed by atoms with Gasteiger partial charge in [-0.25, -0.2) is 8.42 Å². The van der Waals surface area contributed by atoms with Crippen molar-refractivity contribution in [2.45, 2.75) is 19.8 Å². The van der Waals surface area contributed by atoms with Crippen LogP contribution in [-0.2, 0) is 28.3 Å². The summed E-state index contributed by atoms with van der Waals surface area (Å²) in [4.78, 5) is 14.0. The largest absolute Gasteiger partial charge is 0.419 e. The van der Waals surface area contributed by atoms with Crippen LogP contribution < -0.4 is 0 Å². The van der Waals surface area contributed by atoms with Gasteiger partial charge in [0.05, 0.1) is 11.9 Å². The monoisotopic (exact) mass is 382 g/mol. The summed E-state index contributed by atoms with van der Waals surface area (Å²) < 4.78 is 31.7. The van der Waals surface area contributed by atoms with Crippen molar-refractivity contribution >= 4 is 15.9 Å². The van der Waals surface area contributed by atoms with Crippen LogP contribution in [-0.4, -0.2) is 75.9 Å². The van der Waals surface area contributed by atoms with E-state index in [4.69, 9.17) is 4.42 Å². The Morgan fingerprint density at radius 3 is 2.50 bits per heavy atom. The Morgan fingerprint density at radius 1 is 1.23 bits per heavy atom. The Bertz CT molecular complexity index is 895. The molecule has 0 aliphatic carbocycles. The smallest absolute Gasteiger partial charge is 0.265 e. The maximum absolute atomic E-state index is 12.3. The number of aryl methyl sites for hydroxylation is 3. The molecule has 0 radical (unpaired) electrons. The maximum Gasteiger partial charge on any atom is 0.265 e. The van der Waals surface area contributed by atoms with Crippen molar-refractivity contribution in [3.63, 3.8) is 0 Å². The molecule has 3 heterocycles.